The van der Waals surface area contributed by atoms with E-state index in [1.54, 1.807) is 0 Å². The van der Waals surface area contributed by atoms with Crippen molar-refractivity contribution in [1.82, 2.24) is 0 Å². The molecule has 0 spiro atoms. The van der Waals surface area contributed by atoms with Crippen LogP contribution in [-0.4, -0.2) is 23.7 Å². The Bertz CT molecular complexity index is 525. The molecule has 3 N–H and O–H groups in total. The van der Waals surface area contributed by atoms with Gasteiger partial charge in [-0.3, -0.25) is 0 Å². The highest BCUT2D eigenvalue weighted by atomic mass is 19.1. The zero-order valence-corrected chi connectivity index (χ0v) is 12.6. The molecule has 0 radical (unpaired) electrons. The molecule has 2 rings (SSSR count). The second-order valence-electron chi connectivity index (χ2n) is 6.18. The van der Waals surface area contributed by atoms with Gasteiger partial charge in [-0.1, -0.05) is 26.7 Å². The molecule has 5 heteroatoms. The van der Waals surface area contributed by atoms with Crippen molar-refractivity contribution in [2.75, 3.05) is 17.2 Å². The Labute approximate surface area is 124 Å². The Balaban J connectivity index is 2.39. The zero-order chi connectivity index (χ0) is 15.6. The van der Waals surface area contributed by atoms with Gasteiger partial charge in [0.25, 0.3) is 0 Å². The number of anilines is 2. The van der Waals surface area contributed by atoms with Gasteiger partial charge in [0, 0.05) is 18.7 Å². The van der Waals surface area contributed by atoms with Crippen molar-refractivity contribution in [1.29, 1.82) is 0 Å². The van der Waals surface area contributed by atoms with Crippen molar-refractivity contribution in [3.8, 4) is 0 Å². The molecule has 0 heterocycles. The second kappa shape index (κ2) is 6.33. The molecule has 1 aliphatic rings. The summed E-state index contributed by atoms with van der Waals surface area (Å²) in [7, 11) is 0. The van der Waals surface area contributed by atoms with Crippen LogP contribution in [0.5, 0.6) is 0 Å². The molecular formula is C16H23FN2O2. The number of benzene rings is 1. The number of rotatable bonds is 5. The molecule has 4 nitrogen and oxygen atoms in total. The van der Waals surface area contributed by atoms with E-state index < -0.39 is 11.8 Å². The molecule has 0 unspecified atom stereocenters. The minimum atomic E-state index is -1.29. The van der Waals surface area contributed by atoms with Crippen LogP contribution in [0.15, 0.2) is 12.1 Å². The molecule has 0 saturated heterocycles. The summed E-state index contributed by atoms with van der Waals surface area (Å²) in [4.78, 5) is 13.1. The summed E-state index contributed by atoms with van der Waals surface area (Å²) in [5.74, 6) is -1.59. The quantitative estimate of drug-likeness (QED) is 0.816. The average Bonchev–Trinajstić information content (AvgIpc) is 2.91. The topological polar surface area (TPSA) is 66.6 Å². The maximum absolute atomic E-state index is 14.0. The molecule has 0 bridgehead atoms. The van der Waals surface area contributed by atoms with Gasteiger partial charge in [0.1, 0.15) is 5.82 Å². The maximum Gasteiger partial charge on any atom is 0.338 e. The van der Waals surface area contributed by atoms with Gasteiger partial charge in [0.15, 0.2) is 0 Å². The van der Waals surface area contributed by atoms with E-state index in [1.165, 1.54) is 25.0 Å². The first-order valence-corrected chi connectivity index (χ1v) is 7.49. The Kier molecular flexibility index (Phi) is 4.70. The van der Waals surface area contributed by atoms with Crippen molar-refractivity contribution < 1.29 is 14.3 Å². The number of nitrogens with zero attached hydrogens (tertiary/aromatic N) is 1. The summed E-state index contributed by atoms with van der Waals surface area (Å²) in [6.45, 7) is 5.01. The number of hydrogen-bond donors (Lipinski definition) is 2. The normalized spacial score (nSPS) is 15.6. The van der Waals surface area contributed by atoms with Crippen molar-refractivity contribution in [2.45, 2.75) is 45.6 Å². The number of hydrogen-bond acceptors (Lipinski definition) is 3. The number of carboxylic acids is 1. The third kappa shape index (κ3) is 3.46. The van der Waals surface area contributed by atoms with Crippen LogP contribution < -0.4 is 10.6 Å². The van der Waals surface area contributed by atoms with Crippen LogP contribution in [0.3, 0.4) is 0 Å². The number of nitrogen functional groups attached to an aromatic ring is 1. The lowest BCUT2D eigenvalue weighted by Crippen LogP contribution is -2.37. The standard InChI is InChI=1S/C16H23FN2O2/c1-10(2)9-19(11-5-3-4-6-11)15-8-13(17)12(16(20)21)7-14(15)18/h7-8,10-11H,3-6,9,18H2,1-2H3,(H,20,21). The van der Waals surface area contributed by atoms with Crippen LogP contribution >= 0.6 is 0 Å². The number of halogens is 1. The summed E-state index contributed by atoms with van der Waals surface area (Å²) >= 11 is 0. The monoisotopic (exact) mass is 294 g/mol. The van der Waals surface area contributed by atoms with Gasteiger partial charge < -0.3 is 15.7 Å². The molecule has 0 aromatic heterocycles. The van der Waals surface area contributed by atoms with Gasteiger partial charge in [-0.05, 0) is 24.8 Å². The number of carboxylic acid groups (broad SMARTS) is 1. The Hall–Kier alpha value is -1.78. The van der Waals surface area contributed by atoms with Gasteiger partial charge in [-0.2, -0.15) is 0 Å². The average molecular weight is 294 g/mol. The van der Waals surface area contributed by atoms with Crippen molar-refractivity contribution in [3.05, 3.63) is 23.5 Å². The summed E-state index contributed by atoms with van der Waals surface area (Å²) in [5.41, 5.74) is 6.59. The summed E-state index contributed by atoms with van der Waals surface area (Å²) in [6, 6.07) is 2.87. The summed E-state index contributed by atoms with van der Waals surface area (Å²) in [5, 5.41) is 8.97. The van der Waals surface area contributed by atoms with E-state index in [4.69, 9.17) is 10.8 Å². The minimum absolute atomic E-state index is 0.335. The van der Waals surface area contributed by atoms with Gasteiger partial charge in [0.05, 0.1) is 16.9 Å². The number of nitrogens with two attached hydrogens (primary N) is 1. The predicted octanol–water partition coefficient (Wildman–Crippen LogP) is 3.51. The highest BCUT2D eigenvalue weighted by Crippen LogP contribution is 2.34. The molecule has 1 aliphatic carbocycles. The van der Waals surface area contributed by atoms with Crippen LogP contribution in [0.2, 0.25) is 0 Å². The largest absolute Gasteiger partial charge is 0.478 e. The molecule has 116 valence electrons. The van der Waals surface area contributed by atoms with E-state index in [-0.39, 0.29) is 5.56 Å². The highest BCUT2D eigenvalue weighted by Gasteiger charge is 2.26. The molecule has 1 aromatic rings. The van der Waals surface area contributed by atoms with Crippen molar-refractivity contribution in [2.24, 2.45) is 5.92 Å². The molecule has 1 fully saturated rings. The fourth-order valence-corrected chi connectivity index (χ4v) is 3.05. The first-order valence-electron chi connectivity index (χ1n) is 7.49. The van der Waals surface area contributed by atoms with E-state index in [0.29, 0.717) is 23.3 Å². The number of aromatic carboxylic acids is 1. The lowest BCUT2D eigenvalue weighted by molar-refractivity contribution is 0.0692. The van der Waals surface area contributed by atoms with E-state index in [1.807, 2.05) is 0 Å². The molecule has 0 amide bonds. The van der Waals surface area contributed by atoms with Crippen molar-refractivity contribution in [3.63, 3.8) is 0 Å². The zero-order valence-electron chi connectivity index (χ0n) is 12.6. The molecule has 1 aromatic carbocycles. The fraction of sp³-hybridized carbons (Fsp3) is 0.562. The third-order valence-electron chi connectivity index (χ3n) is 3.98. The Morgan fingerprint density at radius 1 is 1.43 bits per heavy atom. The van der Waals surface area contributed by atoms with Crippen LogP contribution in [0.4, 0.5) is 15.8 Å². The lowest BCUT2D eigenvalue weighted by atomic mass is 10.1. The van der Waals surface area contributed by atoms with Crippen LogP contribution in [-0.2, 0) is 0 Å². The summed E-state index contributed by atoms with van der Waals surface area (Å²) < 4.78 is 14.0. The fourth-order valence-electron chi connectivity index (χ4n) is 3.05. The van der Waals surface area contributed by atoms with Gasteiger partial charge in [-0.25, -0.2) is 9.18 Å². The van der Waals surface area contributed by atoms with E-state index in [2.05, 4.69) is 18.7 Å². The maximum atomic E-state index is 14.0. The molecule has 0 aliphatic heterocycles. The Morgan fingerprint density at radius 2 is 2.05 bits per heavy atom. The first-order chi connectivity index (χ1) is 9.90. The van der Waals surface area contributed by atoms with E-state index >= 15 is 0 Å². The predicted molar refractivity (Wildman–Crippen MR) is 82.2 cm³/mol. The molecular weight excluding hydrogens is 271 g/mol. The second-order valence-corrected chi connectivity index (χ2v) is 6.18. The van der Waals surface area contributed by atoms with E-state index in [0.717, 1.165) is 19.4 Å². The Morgan fingerprint density at radius 3 is 2.57 bits per heavy atom. The van der Waals surface area contributed by atoms with Gasteiger partial charge in [-0.15, -0.1) is 0 Å². The third-order valence-corrected chi connectivity index (χ3v) is 3.98. The SMILES string of the molecule is CC(C)CN(c1cc(F)c(C(=O)O)cc1N)C1CCCC1. The van der Waals surface area contributed by atoms with Gasteiger partial charge >= 0.3 is 5.97 Å². The number of carbonyl (C=O) groups is 1. The van der Waals surface area contributed by atoms with E-state index in [9.17, 15) is 9.18 Å². The highest BCUT2D eigenvalue weighted by molar-refractivity contribution is 5.91. The minimum Gasteiger partial charge on any atom is -0.478 e. The smallest absolute Gasteiger partial charge is 0.338 e. The molecule has 0 atom stereocenters. The van der Waals surface area contributed by atoms with Crippen LogP contribution in [0.25, 0.3) is 0 Å². The summed E-state index contributed by atoms with van der Waals surface area (Å²) in [6.07, 6.45) is 4.51. The lowest BCUT2D eigenvalue weighted by Gasteiger charge is -2.33. The molecule has 21 heavy (non-hydrogen) atoms. The van der Waals surface area contributed by atoms with Crippen molar-refractivity contribution >= 4 is 17.3 Å². The van der Waals surface area contributed by atoms with Crippen LogP contribution in [0, 0.1) is 11.7 Å². The van der Waals surface area contributed by atoms with Gasteiger partial charge in [0.2, 0.25) is 0 Å². The first kappa shape index (κ1) is 15.6. The molecule has 1 saturated carbocycles. The van der Waals surface area contributed by atoms with Crippen LogP contribution in [0.1, 0.15) is 49.9 Å².